The first-order valence-corrected chi connectivity index (χ1v) is 6.24. The van der Waals surface area contributed by atoms with E-state index in [1.807, 2.05) is 6.92 Å². The first-order valence-electron chi connectivity index (χ1n) is 5.86. The number of rotatable bonds is 6. The Kier molecular flexibility index (Phi) is 6.00. The van der Waals surface area contributed by atoms with Crippen LogP contribution in [-0.2, 0) is 11.2 Å². The van der Waals surface area contributed by atoms with Crippen LogP contribution in [0, 0.1) is 11.7 Å². The van der Waals surface area contributed by atoms with Gasteiger partial charge in [-0.3, -0.25) is 0 Å². The Morgan fingerprint density at radius 2 is 2.18 bits per heavy atom. The fourth-order valence-corrected chi connectivity index (χ4v) is 1.87. The third kappa shape index (κ3) is 4.32. The first-order chi connectivity index (χ1) is 8.06. The maximum absolute atomic E-state index is 13.4. The van der Waals surface area contributed by atoms with Crippen LogP contribution in [0.25, 0.3) is 0 Å². The normalized spacial score (nSPS) is 12.7. The lowest BCUT2D eigenvalue weighted by molar-refractivity contribution is 0.113. The smallest absolute Gasteiger partial charge is 0.135 e. The molecule has 0 aromatic heterocycles. The van der Waals surface area contributed by atoms with Crippen molar-refractivity contribution in [2.45, 2.75) is 26.7 Å². The van der Waals surface area contributed by atoms with E-state index in [2.05, 4.69) is 6.92 Å². The molecule has 17 heavy (non-hydrogen) atoms. The van der Waals surface area contributed by atoms with Crippen LogP contribution in [0.4, 0.5) is 4.39 Å². The van der Waals surface area contributed by atoms with Crippen molar-refractivity contribution in [1.29, 1.82) is 0 Å². The number of hydrogen-bond acceptors (Lipinski definition) is 1. The van der Waals surface area contributed by atoms with Gasteiger partial charge in [-0.25, -0.2) is 4.39 Å². The second-order valence-corrected chi connectivity index (χ2v) is 4.62. The molecule has 0 fully saturated rings. The van der Waals surface area contributed by atoms with Gasteiger partial charge in [-0.1, -0.05) is 36.1 Å². The van der Waals surface area contributed by atoms with E-state index in [0.29, 0.717) is 5.92 Å². The van der Waals surface area contributed by atoms with Crippen LogP contribution in [0.5, 0.6) is 0 Å². The monoisotopic (exact) mass is 254 g/mol. The summed E-state index contributed by atoms with van der Waals surface area (Å²) < 4.78 is 18.8. The maximum Gasteiger partial charge on any atom is 0.135 e. The SMILES string of the molecule is [B]c1ccc(CCC(C)COCC)c(Cl)c1F. The zero-order valence-corrected chi connectivity index (χ0v) is 11.1. The average Bonchev–Trinajstić information content (AvgIpc) is 2.32. The third-order valence-corrected chi connectivity index (χ3v) is 3.11. The van der Waals surface area contributed by atoms with Crippen LogP contribution in [0.1, 0.15) is 25.8 Å². The summed E-state index contributed by atoms with van der Waals surface area (Å²) in [6.45, 7) is 5.53. The highest BCUT2D eigenvalue weighted by atomic mass is 35.5. The summed E-state index contributed by atoms with van der Waals surface area (Å²) in [5.41, 5.74) is 0.905. The van der Waals surface area contributed by atoms with Crippen LogP contribution in [0.2, 0.25) is 5.02 Å². The fourth-order valence-electron chi connectivity index (χ4n) is 1.60. The highest BCUT2D eigenvalue weighted by molar-refractivity contribution is 6.36. The molecule has 2 radical (unpaired) electrons. The second-order valence-electron chi connectivity index (χ2n) is 4.25. The van der Waals surface area contributed by atoms with Crippen molar-refractivity contribution in [3.05, 3.63) is 28.5 Å². The standard InChI is InChI=1S/C13H17BClFO/c1-3-17-8-9(2)4-5-10-6-7-11(14)13(16)12(10)15/h6-7,9H,3-5,8H2,1-2H3. The van der Waals surface area contributed by atoms with Gasteiger partial charge in [0.1, 0.15) is 13.7 Å². The van der Waals surface area contributed by atoms with Crippen molar-refractivity contribution < 1.29 is 9.13 Å². The predicted octanol–water partition coefficient (Wildman–Crippen LogP) is 2.88. The van der Waals surface area contributed by atoms with Crippen LogP contribution < -0.4 is 5.46 Å². The zero-order valence-electron chi connectivity index (χ0n) is 10.3. The molecule has 0 bridgehead atoms. The van der Waals surface area contributed by atoms with E-state index in [1.54, 1.807) is 12.1 Å². The summed E-state index contributed by atoms with van der Waals surface area (Å²) >= 11 is 5.90. The Balaban J connectivity index is 2.55. The van der Waals surface area contributed by atoms with Crippen molar-refractivity contribution in [3.8, 4) is 0 Å². The van der Waals surface area contributed by atoms with Crippen LogP contribution in [0.3, 0.4) is 0 Å². The van der Waals surface area contributed by atoms with Gasteiger partial charge in [0.25, 0.3) is 0 Å². The molecule has 0 aliphatic carbocycles. The summed E-state index contributed by atoms with van der Waals surface area (Å²) in [5.74, 6) is -0.0757. The summed E-state index contributed by atoms with van der Waals surface area (Å²) in [6, 6.07) is 3.35. The van der Waals surface area contributed by atoms with E-state index in [0.717, 1.165) is 31.6 Å². The van der Waals surface area contributed by atoms with Gasteiger partial charge < -0.3 is 4.74 Å². The molecular weight excluding hydrogens is 237 g/mol. The van der Waals surface area contributed by atoms with Gasteiger partial charge in [0, 0.05) is 13.2 Å². The quantitative estimate of drug-likeness (QED) is 0.709. The summed E-state index contributed by atoms with van der Waals surface area (Å²) in [5, 5.41) is 0.147. The third-order valence-electron chi connectivity index (χ3n) is 2.71. The van der Waals surface area contributed by atoms with E-state index in [-0.39, 0.29) is 10.5 Å². The molecule has 0 amide bonds. The molecule has 0 heterocycles. The highest BCUT2D eigenvalue weighted by Crippen LogP contribution is 2.21. The zero-order chi connectivity index (χ0) is 12.8. The largest absolute Gasteiger partial charge is 0.381 e. The van der Waals surface area contributed by atoms with E-state index >= 15 is 0 Å². The minimum absolute atomic E-state index is 0.0983. The summed E-state index contributed by atoms with van der Waals surface area (Å²) in [6.07, 6.45) is 1.66. The molecule has 0 N–H and O–H groups in total. The molecule has 1 aromatic carbocycles. The topological polar surface area (TPSA) is 9.23 Å². The molecule has 4 heteroatoms. The van der Waals surface area contributed by atoms with Crippen molar-refractivity contribution in [1.82, 2.24) is 0 Å². The van der Waals surface area contributed by atoms with E-state index in [4.69, 9.17) is 24.2 Å². The van der Waals surface area contributed by atoms with Gasteiger partial charge in [-0.15, -0.1) is 0 Å². The van der Waals surface area contributed by atoms with Gasteiger partial charge in [0.2, 0.25) is 0 Å². The lowest BCUT2D eigenvalue weighted by Crippen LogP contribution is -2.11. The minimum atomic E-state index is -0.512. The van der Waals surface area contributed by atoms with E-state index in [9.17, 15) is 4.39 Å². The number of aryl methyl sites for hydroxylation is 1. The van der Waals surface area contributed by atoms with Gasteiger partial charge in [-0.2, -0.15) is 0 Å². The fraction of sp³-hybridized carbons (Fsp3) is 0.538. The molecule has 1 atom stereocenters. The molecule has 0 aliphatic heterocycles. The highest BCUT2D eigenvalue weighted by Gasteiger charge is 2.10. The molecular formula is C13H17BClFO. The van der Waals surface area contributed by atoms with Gasteiger partial charge in [0.15, 0.2) is 0 Å². The lowest BCUT2D eigenvalue weighted by Gasteiger charge is -2.12. The number of ether oxygens (including phenoxy) is 1. The molecule has 1 unspecified atom stereocenters. The molecule has 0 saturated carbocycles. The summed E-state index contributed by atoms with van der Waals surface area (Å²) in [4.78, 5) is 0. The van der Waals surface area contributed by atoms with Gasteiger partial charge in [0.05, 0.1) is 5.02 Å². The van der Waals surface area contributed by atoms with Crippen LogP contribution >= 0.6 is 11.6 Å². The van der Waals surface area contributed by atoms with Crippen molar-refractivity contribution in [2.75, 3.05) is 13.2 Å². The number of hydrogen-bond donors (Lipinski definition) is 0. The second kappa shape index (κ2) is 7.02. The lowest BCUT2D eigenvalue weighted by atomic mass is 9.92. The first kappa shape index (κ1) is 14.5. The summed E-state index contributed by atoms with van der Waals surface area (Å²) in [7, 11) is 5.43. The predicted molar refractivity (Wildman–Crippen MR) is 70.8 cm³/mol. The van der Waals surface area contributed by atoms with Crippen molar-refractivity contribution >= 4 is 24.9 Å². The molecule has 1 rings (SSSR count). The Hall–Kier alpha value is -0.535. The molecule has 1 nitrogen and oxygen atoms in total. The molecule has 1 aromatic rings. The van der Waals surface area contributed by atoms with E-state index in [1.165, 1.54) is 0 Å². The molecule has 92 valence electrons. The molecule has 0 aliphatic rings. The maximum atomic E-state index is 13.4. The average molecular weight is 255 g/mol. The van der Waals surface area contributed by atoms with Crippen molar-refractivity contribution in [2.24, 2.45) is 5.92 Å². The Morgan fingerprint density at radius 3 is 2.82 bits per heavy atom. The van der Waals surface area contributed by atoms with Crippen molar-refractivity contribution in [3.63, 3.8) is 0 Å². The minimum Gasteiger partial charge on any atom is -0.381 e. The Bertz CT molecular complexity index is 371. The molecule has 0 spiro atoms. The van der Waals surface area contributed by atoms with Gasteiger partial charge in [-0.05, 0) is 31.2 Å². The number of benzene rings is 1. The van der Waals surface area contributed by atoms with E-state index < -0.39 is 5.82 Å². The Labute approximate surface area is 109 Å². The number of halogens is 2. The van der Waals surface area contributed by atoms with Crippen LogP contribution in [-0.4, -0.2) is 21.1 Å². The van der Waals surface area contributed by atoms with Gasteiger partial charge >= 0.3 is 0 Å². The van der Waals surface area contributed by atoms with Crippen LogP contribution in [0.15, 0.2) is 12.1 Å². The molecule has 0 saturated heterocycles. The Morgan fingerprint density at radius 1 is 1.47 bits per heavy atom.